The highest BCUT2D eigenvalue weighted by Gasteiger charge is 2.31. The van der Waals surface area contributed by atoms with E-state index >= 15 is 0 Å². The van der Waals surface area contributed by atoms with Crippen molar-refractivity contribution < 1.29 is 19.4 Å². The van der Waals surface area contributed by atoms with Gasteiger partial charge in [0.1, 0.15) is 5.69 Å². The normalized spacial score (nSPS) is 22.3. The Kier molecular flexibility index (Phi) is 4.61. The van der Waals surface area contributed by atoms with E-state index in [1.807, 2.05) is 4.90 Å². The maximum Gasteiger partial charge on any atom is 0.337 e. The van der Waals surface area contributed by atoms with Gasteiger partial charge < -0.3 is 14.7 Å². The Bertz CT molecular complexity index is 603. The van der Waals surface area contributed by atoms with E-state index in [9.17, 15) is 9.59 Å². The first-order chi connectivity index (χ1) is 11.1. The largest absolute Gasteiger partial charge is 0.478 e. The zero-order chi connectivity index (χ0) is 16.4. The molecule has 0 bridgehead atoms. The van der Waals surface area contributed by atoms with Gasteiger partial charge in [0, 0.05) is 19.7 Å². The number of piperidine rings is 1. The summed E-state index contributed by atoms with van der Waals surface area (Å²) in [6.45, 7) is 3.91. The predicted molar refractivity (Wildman–Crippen MR) is 83.5 cm³/mol. The van der Waals surface area contributed by atoms with Crippen LogP contribution in [0.25, 0.3) is 0 Å². The Hall–Kier alpha value is -1.95. The third kappa shape index (κ3) is 3.37. The van der Waals surface area contributed by atoms with Crippen LogP contribution in [0.4, 0.5) is 0 Å². The standard InChI is InChI=1S/C17H22N2O4/c1-11-13(17(21)22)4-5-14(18-11)16(20)19-8-6-12(7-9-19)15-3-2-10-23-15/h4-5,12,15H,2-3,6-10H2,1H3,(H,21,22). The van der Waals surface area contributed by atoms with Crippen molar-refractivity contribution in [1.82, 2.24) is 9.88 Å². The van der Waals surface area contributed by atoms with Crippen molar-refractivity contribution in [2.45, 2.75) is 38.7 Å². The molecule has 1 atom stereocenters. The van der Waals surface area contributed by atoms with Gasteiger partial charge in [-0.25, -0.2) is 9.78 Å². The van der Waals surface area contributed by atoms with Crippen molar-refractivity contribution >= 4 is 11.9 Å². The molecular weight excluding hydrogens is 296 g/mol. The number of nitrogens with zero attached hydrogens (tertiary/aromatic N) is 2. The molecule has 23 heavy (non-hydrogen) atoms. The topological polar surface area (TPSA) is 79.7 Å². The van der Waals surface area contributed by atoms with Gasteiger partial charge in [-0.3, -0.25) is 4.79 Å². The summed E-state index contributed by atoms with van der Waals surface area (Å²) in [5.41, 5.74) is 0.833. The molecule has 6 heteroatoms. The van der Waals surface area contributed by atoms with E-state index in [1.54, 1.807) is 6.92 Å². The lowest BCUT2D eigenvalue weighted by atomic mass is 9.89. The van der Waals surface area contributed by atoms with Gasteiger partial charge in [-0.2, -0.15) is 0 Å². The molecule has 0 saturated carbocycles. The summed E-state index contributed by atoms with van der Waals surface area (Å²) in [5, 5.41) is 9.03. The molecule has 3 rings (SSSR count). The van der Waals surface area contributed by atoms with Gasteiger partial charge in [0.25, 0.3) is 5.91 Å². The van der Waals surface area contributed by atoms with Crippen LogP contribution in [0.5, 0.6) is 0 Å². The van der Waals surface area contributed by atoms with Gasteiger partial charge in [0.15, 0.2) is 0 Å². The van der Waals surface area contributed by atoms with Crippen LogP contribution < -0.4 is 0 Å². The number of carbonyl (C=O) groups is 2. The number of hydrogen-bond acceptors (Lipinski definition) is 4. The molecule has 1 N–H and O–H groups in total. The monoisotopic (exact) mass is 318 g/mol. The highest BCUT2D eigenvalue weighted by atomic mass is 16.5. The van der Waals surface area contributed by atoms with Crippen LogP contribution in [-0.2, 0) is 4.74 Å². The summed E-state index contributed by atoms with van der Waals surface area (Å²) in [6, 6.07) is 2.96. The molecule has 1 aromatic rings. The van der Waals surface area contributed by atoms with Crippen molar-refractivity contribution in [3.63, 3.8) is 0 Å². The van der Waals surface area contributed by atoms with Gasteiger partial charge in [-0.05, 0) is 50.7 Å². The second kappa shape index (κ2) is 6.66. The van der Waals surface area contributed by atoms with Crippen LogP contribution in [0, 0.1) is 12.8 Å². The minimum absolute atomic E-state index is 0.115. The molecule has 0 spiro atoms. The molecule has 1 unspecified atom stereocenters. The van der Waals surface area contributed by atoms with Gasteiger partial charge in [0.2, 0.25) is 0 Å². The van der Waals surface area contributed by atoms with Crippen LogP contribution in [0.1, 0.15) is 52.2 Å². The second-order valence-corrected chi connectivity index (χ2v) is 6.32. The maximum absolute atomic E-state index is 12.5. The lowest BCUT2D eigenvalue weighted by molar-refractivity contribution is 0.0289. The number of amides is 1. The Morgan fingerprint density at radius 1 is 1.26 bits per heavy atom. The minimum atomic E-state index is -1.02. The summed E-state index contributed by atoms with van der Waals surface area (Å²) < 4.78 is 5.75. The summed E-state index contributed by atoms with van der Waals surface area (Å²) in [7, 11) is 0. The number of rotatable bonds is 3. The number of pyridine rings is 1. The molecule has 1 aromatic heterocycles. The number of carboxylic acids is 1. The van der Waals surface area contributed by atoms with E-state index < -0.39 is 5.97 Å². The smallest absolute Gasteiger partial charge is 0.337 e. The number of aryl methyl sites for hydroxylation is 1. The molecule has 2 saturated heterocycles. The first kappa shape index (κ1) is 15.9. The van der Waals surface area contributed by atoms with Crippen LogP contribution in [0.3, 0.4) is 0 Å². The maximum atomic E-state index is 12.5. The number of ether oxygens (including phenoxy) is 1. The van der Waals surface area contributed by atoms with Crippen molar-refractivity contribution in [3.8, 4) is 0 Å². The third-order valence-electron chi connectivity index (χ3n) is 4.85. The van der Waals surface area contributed by atoms with Crippen molar-refractivity contribution in [2.24, 2.45) is 5.92 Å². The fourth-order valence-corrected chi connectivity index (χ4v) is 3.52. The van der Waals surface area contributed by atoms with E-state index in [0.29, 0.717) is 36.5 Å². The third-order valence-corrected chi connectivity index (χ3v) is 4.85. The first-order valence-electron chi connectivity index (χ1n) is 8.18. The lowest BCUT2D eigenvalue weighted by Crippen LogP contribution is -2.41. The number of carboxylic acid groups (broad SMARTS) is 1. The first-order valence-corrected chi connectivity index (χ1v) is 8.18. The van der Waals surface area contributed by atoms with Crippen LogP contribution in [0.15, 0.2) is 12.1 Å². The highest BCUT2D eigenvalue weighted by molar-refractivity contribution is 5.94. The predicted octanol–water partition coefficient (Wildman–Crippen LogP) is 2.12. The molecule has 0 radical (unpaired) electrons. The Morgan fingerprint density at radius 2 is 2.00 bits per heavy atom. The summed E-state index contributed by atoms with van der Waals surface area (Å²) >= 11 is 0. The van der Waals surface area contributed by atoms with Crippen LogP contribution in [-0.4, -0.2) is 52.7 Å². The van der Waals surface area contributed by atoms with Gasteiger partial charge in [-0.1, -0.05) is 0 Å². The van der Waals surface area contributed by atoms with Crippen LogP contribution >= 0.6 is 0 Å². The van der Waals surface area contributed by atoms with Gasteiger partial charge in [0.05, 0.1) is 17.4 Å². The lowest BCUT2D eigenvalue weighted by Gasteiger charge is -2.34. The molecule has 124 valence electrons. The fourth-order valence-electron chi connectivity index (χ4n) is 3.52. The zero-order valence-electron chi connectivity index (χ0n) is 13.3. The molecule has 2 fully saturated rings. The average molecular weight is 318 g/mol. The number of aromatic carboxylic acids is 1. The minimum Gasteiger partial charge on any atom is -0.478 e. The summed E-state index contributed by atoms with van der Waals surface area (Å²) in [6.07, 6.45) is 4.56. The SMILES string of the molecule is Cc1nc(C(=O)N2CCC(C3CCCO3)CC2)ccc1C(=O)O. The Labute approximate surface area is 135 Å². The number of likely N-dealkylation sites (tertiary alicyclic amines) is 1. The van der Waals surface area contributed by atoms with E-state index in [4.69, 9.17) is 9.84 Å². The number of aromatic nitrogens is 1. The van der Waals surface area contributed by atoms with Crippen molar-refractivity contribution in [2.75, 3.05) is 19.7 Å². The summed E-state index contributed by atoms with van der Waals surface area (Å²) in [4.78, 5) is 29.5. The van der Waals surface area contributed by atoms with Crippen LogP contribution in [0.2, 0.25) is 0 Å². The second-order valence-electron chi connectivity index (χ2n) is 6.32. The Morgan fingerprint density at radius 3 is 2.57 bits per heavy atom. The zero-order valence-corrected chi connectivity index (χ0v) is 13.3. The fraction of sp³-hybridized carbons (Fsp3) is 0.588. The Balaban J connectivity index is 1.63. The van der Waals surface area contributed by atoms with Gasteiger partial charge in [-0.15, -0.1) is 0 Å². The number of hydrogen-bond donors (Lipinski definition) is 1. The van der Waals surface area contributed by atoms with Gasteiger partial charge >= 0.3 is 5.97 Å². The number of carbonyl (C=O) groups excluding carboxylic acids is 1. The molecule has 6 nitrogen and oxygen atoms in total. The molecular formula is C17H22N2O4. The van der Waals surface area contributed by atoms with E-state index in [1.165, 1.54) is 12.1 Å². The molecule has 2 aliphatic heterocycles. The van der Waals surface area contributed by atoms with E-state index in [-0.39, 0.29) is 11.5 Å². The van der Waals surface area contributed by atoms with E-state index in [0.717, 1.165) is 32.3 Å². The average Bonchev–Trinajstić information content (AvgIpc) is 3.08. The molecule has 0 aliphatic carbocycles. The molecule has 1 amide bonds. The van der Waals surface area contributed by atoms with Crippen molar-refractivity contribution in [1.29, 1.82) is 0 Å². The quantitative estimate of drug-likeness (QED) is 0.923. The summed E-state index contributed by atoms with van der Waals surface area (Å²) in [5.74, 6) is -0.590. The molecule has 2 aliphatic rings. The highest BCUT2D eigenvalue weighted by Crippen LogP contribution is 2.29. The van der Waals surface area contributed by atoms with E-state index in [2.05, 4.69) is 4.98 Å². The molecule has 0 aromatic carbocycles. The molecule has 3 heterocycles. The van der Waals surface area contributed by atoms with Crippen molar-refractivity contribution in [3.05, 3.63) is 29.1 Å².